The number of aliphatic carboxylic acids is 1. The van der Waals surface area contributed by atoms with Crippen LogP contribution < -0.4 is 10.1 Å². The molecule has 0 radical (unpaired) electrons. The van der Waals surface area contributed by atoms with Crippen LogP contribution in [0.25, 0.3) is 17.3 Å². The van der Waals surface area contributed by atoms with Crippen LogP contribution in [-0.4, -0.2) is 42.3 Å². The van der Waals surface area contributed by atoms with Gasteiger partial charge in [0, 0.05) is 33.7 Å². The van der Waals surface area contributed by atoms with Crippen molar-refractivity contribution in [2.45, 2.75) is 39.4 Å². The molecular formula is C27H28F2N2O6S. The van der Waals surface area contributed by atoms with Crippen molar-refractivity contribution in [3.63, 3.8) is 0 Å². The number of carboxylic acid groups (broad SMARTS) is 1. The fourth-order valence-corrected chi connectivity index (χ4v) is 4.40. The molecular weight excluding hydrogens is 518 g/mol. The number of carbonyl (C=O) groups is 2. The summed E-state index contributed by atoms with van der Waals surface area (Å²) < 4.78 is 45.3. The normalized spacial score (nSPS) is 11.5. The van der Waals surface area contributed by atoms with Gasteiger partial charge >= 0.3 is 5.97 Å². The van der Waals surface area contributed by atoms with E-state index in [0.717, 1.165) is 49.0 Å². The molecule has 202 valence electrons. The lowest BCUT2D eigenvalue weighted by atomic mass is 10.1. The van der Waals surface area contributed by atoms with Crippen LogP contribution in [0.2, 0.25) is 0 Å². The Hall–Kier alpha value is -3.83. The van der Waals surface area contributed by atoms with Crippen molar-refractivity contribution >= 4 is 34.4 Å². The quantitative estimate of drug-likeness (QED) is 0.208. The van der Waals surface area contributed by atoms with Gasteiger partial charge in [0.05, 0.1) is 32.6 Å². The second-order valence-electron chi connectivity index (χ2n) is 8.11. The van der Waals surface area contributed by atoms with Crippen molar-refractivity contribution in [2.24, 2.45) is 0 Å². The maximum atomic E-state index is 14.5. The molecule has 2 aromatic carbocycles. The van der Waals surface area contributed by atoms with Crippen LogP contribution in [0.1, 0.15) is 48.2 Å². The SMILES string of the molecule is CCC(CC)OCc1cccc(-c2csc(NC(=O)c3cc(F)c(/C=C(\OC)C(=O)O)c(F)c3)n2)c1OC. The number of carboxylic acids is 1. The lowest BCUT2D eigenvalue weighted by Gasteiger charge is -2.17. The molecule has 11 heteroatoms. The van der Waals surface area contributed by atoms with Gasteiger partial charge in [-0.05, 0) is 31.0 Å². The van der Waals surface area contributed by atoms with E-state index in [1.165, 1.54) is 0 Å². The first-order valence-corrected chi connectivity index (χ1v) is 12.6. The van der Waals surface area contributed by atoms with Crippen LogP contribution in [0, 0.1) is 11.6 Å². The van der Waals surface area contributed by atoms with Crippen LogP contribution in [0.3, 0.4) is 0 Å². The molecule has 0 aliphatic rings. The van der Waals surface area contributed by atoms with Crippen LogP contribution >= 0.6 is 11.3 Å². The van der Waals surface area contributed by atoms with E-state index in [1.54, 1.807) is 12.5 Å². The van der Waals surface area contributed by atoms with Gasteiger partial charge < -0.3 is 19.3 Å². The maximum Gasteiger partial charge on any atom is 0.371 e. The van der Waals surface area contributed by atoms with E-state index in [-0.39, 0.29) is 16.8 Å². The van der Waals surface area contributed by atoms with E-state index in [9.17, 15) is 18.4 Å². The zero-order chi connectivity index (χ0) is 27.8. The third-order valence-corrected chi connectivity index (χ3v) is 6.49. The average Bonchev–Trinajstić information content (AvgIpc) is 3.36. The highest BCUT2D eigenvalue weighted by molar-refractivity contribution is 7.14. The number of aromatic nitrogens is 1. The van der Waals surface area contributed by atoms with E-state index in [1.807, 2.05) is 18.2 Å². The number of hydrogen-bond donors (Lipinski definition) is 2. The monoisotopic (exact) mass is 546 g/mol. The topological polar surface area (TPSA) is 107 Å². The predicted molar refractivity (Wildman–Crippen MR) is 140 cm³/mol. The first kappa shape index (κ1) is 28.7. The van der Waals surface area contributed by atoms with Crippen molar-refractivity contribution in [1.29, 1.82) is 0 Å². The molecule has 0 saturated carbocycles. The molecule has 3 aromatic rings. The molecule has 1 heterocycles. The molecule has 1 aromatic heterocycles. The molecule has 0 spiro atoms. The second-order valence-corrected chi connectivity index (χ2v) is 8.97. The van der Waals surface area contributed by atoms with Crippen molar-refractivity contribution in [3.05, 3.63) is 69.8 Å². The van der Waals surface area contributed by atoms with Gasteiger partial charge in [-0.3, -0.25) is 10.1 Å². The number of para-hydroxylation sites is 1. The number of thiazole rings is 1. The van der Waals surface area contributed by atoms with Gasteiger partial charge in [-0.15, -0.1) is 11.3 Å². The third kappa shape index (κ3) is 6.73. The highest BCUT2D eigenvalue weighted by Crippen LogP contribution is 2.35. The van der Waals surface area contributed by atoms with Gasteiger partial charge in [0.1, 0.15) is 17.4 Å². The van der Waals surface area contributed by atoms with Crippen molar-refractivity contribution < 1.29 is 37.7 Å². The minimum Gasteiger partial charge on any atom is -0.496 e. The van der Waals surface area contributed by atoms with Gasteiger partial charge in [0.25, 0.3) is 5.91 Å². The zero-order valence-corrected chi connectivity index (χ0v) is 22.2. The summed E-state index contributed by atoms with van der Waals surface area (Å²) in [6.45, 7) is 4.51. The molecule has 0 fully saturated rings. The Morgan fingerprint density at radius 1 is 1.16 bits per heavy atom. The molecule has 0 saturated heterocycles. The van der Waals surface area contributed by atoms with E-state index in [0.29, 0.717) is 29.7 Å². The molecule has 0 unspecified atom stereocenters. The van der Waals surface area contributed by atoms with E-state index >= 15 is 0 Å². The smallest absolute Gasteiger partial charge is 0.371 e. The van der Waals surface area contributed by atoms with Gasteiger partial charge in [-0.1, -0.05) is 26.0 Å². The fraction of sp³-hybridized carbons (Fsp3) is 0.296. The summed E-state index contributed by atoms with van der Waals surface area (Å²) in [6, 6.07) is 7.22. The number of benzene rings is 2. The average molecular weight is 547 g/mol. The van der Waals surface area contributed by atoms with Crippen molar-refractivity contribution in [2.75, 3.05) is 19.5 Å². The highest BCUT2D eigenvalue weighted by Gasteiger charge is 2.19. The molecule has 0 bridgehead atoms. The first-order chi connectivity index (χ1) is 18.2. The summed E-state index contributed by atoms with van der Waals surface area (Å²) in [5, 5.41) is 13.5. The number of rotatable bonds is 12. The molecule has 1 amide bonds. The number of halogens is 2. The molecule has 0 aliphatic heterocycles. The van der Waals surface area contributed by atoms with Crippen LogP contribution in [0.5, 0.6) is 5.75 Å². The maximum absolute atomic E-state index is 14.5. The number of nitrogens with zero attached hydrogens (tertiary/aromatic N) is 1. The Bertz CT molecular complexity index is 1310. The Balaban J connectivity index is 1.81. The molecule has 2 N–H and O–H groups in total. The summed E-state index contributed by atoms with van der Waals surface area (Å²) in [4.78, 5) is 28.2. The predicted octanol–water partition coefficient (Wildman–Crippen LogP) is 6.13. The number of nitrogens with one attached hydrogen (secondary N) is 1. The Morgan fingerprint density at radius 3 is 2.42 bits per heavy atom. The lowest BCUT2D eigenvalue weighted by Crippen LogP contribution is -2.13. The summed E-state index contributed by atoms with van der Waals surface area (Å²) in [7, 11) is 2.62. The molecule has 38 heavy (non-hydrogen) atoms. The standard InChI is InChI=1S/C27H28F2N2O6S/c1-5-17(6-2)37-13-15-8-7-9-18(24(15)36-4)22-14-38-27(30-22)31-25(32)16-10-20(28)19(21(29)11-16)12-23(35-3)26(33)34/h7-12,14,17H,5-6,13H2,1-4H3,(H,33,34)(H,30,31,32)/b23-12-. The van der Waals surface area contributed by atoms with Gasteiger partial charge in [0.2, 0.25) is 5.76 Å². The zero-order valence-electron chi connectivity index (χ0n) is 21.3. The van der Waals surface area contributed by atoms with Gasteiger partial charge in [0.15, 0.2) is 5.13 Å². The fourth-order valence-electron chi connectivity index (χ4n) is 3.69. The van der Waals surface area contributed by atoms with E-state index < -0.39 is 34.8 Å². The van der Waals surface area contributed by atoms with Crippen LogP contribution in [0.4, 0.5) is 13.9 Å². The minimum absolute atomic E-state index is 0.142. The van der Waals surface area contributed by atoms with E-state index in [4.69, 9.17) is 14.6 Å². The number of amides is 1. The number of hydrogen-bond acceptors (Lipinski definition) is 7. The summed E-state index contributed by atoms with van der Waals surface area (Å²) in [6.07, 6.45) is 2.65. The largest absolute Gasteiger partial charge is 0.496 e. The molecule has 8 nitrogen and oxygen atoms in total. The van der Waals surface area contributed by atoms with Crippen LogP contribution in [-0.2, 0) is 20.9 Å². The van der Waals surface area contributed by atoms with Gasteiger partial charge in [-0.25, -0.2) is 18.6 Å². The minimum atomic E-state index is -1.49. The summed E-state index contributed by atoms with van der Waals surface area (Å²) in [5.41, 5.74) is 1.16. The number of anilines is 1. The number of methoxy groups -OCH3 is 2. The first-order valence-electron chi connectivity index (χ1n) is 11.7. The van der Waals surface area contributed by atoms with Crippen molar-refractivity contribution in [3.8, 4) is 17.0 Å². The Morgan fingerprint density at radius 2 is 1.84 bits per heavy atom. The third-order valence-electron chi connectivity index (χ3n) is 5.73. The number of ether oxygens (including phenoxy) is 3. The summed E-state index contributed by atoms with van der Waals surface area (Å²) in [5.74, 6) is -4.58. The Labute approximate surface area is 222 Å². The summed E-state index contributed by atoms with van der Waals surface area (Å²) >= 11 is 1.14. The number of carbonyl (C=O) groups excluding carboxylic acids is 1. The molecule has 3 rings (SSSR count). The van der Waals surface area contributed by atoms with Crippen molar-refractivity contribution in [1.82, 2.24) is 4.98 Å². The van der Waals surface area contributed by atoms with Gasteiger partial charge in [-0.2, -0.15) is 0 Å². The Kier molecular flexibility index (Phi) is 9.91. The second kappa shape index (κ2) is 13.1. The van der Waals surface area contributed by atoms with Crippen LogP contribution in [0.15, 0.2) is 41.5 Å². The highest BCUT2D eigenvalue weighted by atomic mass is 32.1. The molecule has 0 atom stereocenters. The lowest BCUT2D eigenvalue weighted by molar-refractivity contribution is -0.135. The van der Waals surface area contributed by atoms with E-state index in [2.05, 4.69) is 28.9 Å². The molecule has 0 aliphatic carbocycles.